The maximum atomic E-state index is 12.2. The minimum atomic E-state index is -4.08. The fourth-order valence-electron chi connectivity index (χ4n) is 1.74. The molecule has 2 N–H and O–H groups in total. The first-order valence-electron chi connectivity index (χ1n) is 5.33. The van der Waals surface area contributed by atoms with E-state index >= 15 is 0 Å². The molecule has 9 heteroatoms. The minimum absolute atomic E-state index is 0.0550. The van der Waals surface area contributed by atoms with Crippen molar-refractivity contribution in [1.82, 2.24) is 9.71 Å². The monoisotopic (exact) mass is 306 g/mol. The summed E-state index contributed by atoms with van der Waals surface area (Å²) >= 11 is 5.71. The lowest BCUT2D eigenvalue weighted by Crippen LogP contribution is -2.55. The van der Waals surface area contributed by atoms with Crippen LogP contribution in [0.25, 0.3) is 0 Å². The predicted octanol–water partition coefficient (Wildman–Crippen LogP) is 0.257. The molecule has 104 valence electrons. The number of carboxylic acid groups (broad SMARTS) is 1. The molecule has 7 nitrogen and oxygen atoms in total. The topological polar surface area (TPSA) is 106 Å². The Morgan fingerprint density at radius 3 is 2.84 bits per heavy atom. The van der Waals surface area contributed by atoms with Gasteiger partial charge >= 0.3 is 5.97 Å². The number of nitrogens with zero attached hydrogens (tertiary/aromatic N) is 1. The van der Waals surface area contributed by atoms with Crippen molar-refractivity contribution in [2.24, 2.45) is 0 Å². The van der Waals surface area contributed by atoms with Gasteiger partial charge in [-0.2, -0.15) is 4.72 Å². The number of carboxylic acids is 1. The Labute approximate surface area is 114 Å². The van der Waals surface area contributed by atoms with Crippen LogP contribution in [0.1, 0.15) is 6.42 Å². The Morgan fingerprint density at radius 1 is 1.58 bits per heavy atom. The Bertz CT molecular complexity index is 598. The fraction of sp³-hybridized carbons (Fsp3) is 0.400. The molecule has 0 saturated carbocycles. The first-order chi connectivity index (χ1) is 8.87. The zero-order valence-electron chi connectivity index (χ0n) is 9.67. The summed E-state index contributed by atoms with van der Waals surface area (Å²) in [6.07, 6.45) is 1.40. The lowest BCUT2D eigenvalue weighted by atomic mass is 10.0. The summed E-state index contributed by atoms with van der Waals surface area (Å²) in [4.78, 5) is 14.7. The lowest BCUT2D eigenvalue weighted by Gasteiger charge is -2.23. The SMILES string of the molecule is O=C(O)C1(NS(=O)(=O)c2cccnc2Cl)CCOC1. The number of hydrogen-bond acceptors (Lipinski definition) is 5. The van der Waals surface area contributed by atoms with Gasteiger partial charge in [0.05, 0.1) is 6.61 Å². The summed E-state index contributed by atoms with van der Waals surface area (Å²) < 4.78 is 31.5. The fourth-order valence-corrected chi connectivity index (χ4v) is 3.57. The van der Waals surface area contributed by atoms with Crippen LogP contribution in [0.15, 0.2) is 23.2 Å². The first-order valence-corrected chi connectivity index (χ1v) is 7.19. The van der Waals surface area contributed by atoms with Crippen LogP contribution >= 0.6 is 11.6 Å². The Balaban J connectivity index is 2.36. The summed E-state index contributed by atoms with van der Waals surface area (Å²) in [6.45, 7) is -0.0466. The third kappa shape index (κ3) is 2.71. The number of carbonyl (C=O) groups is 1. The molecule has 2 heterocycles. The van der Waals surface area contributed by atoms with Gasteiger partial charge in [0.1, 0.15) is 10.0 Å². The number of nitrogens with one attached hydrogen (secondary N) is 1. The van der Waals surface area contributed by atoms with Gasteiger partial charge in [0.2, 0.25) is 10.0 Å². The summed E-state index contributed by atoms with van der Waals surface area (Å²) in [5.41, 5.74) is -1.65. The van der Waals surface area contributed by atoms with E-state index in [0.29, 0.717) is 0 Å². The first kappa shape index (κ1) is 14.2. The Hall–Kier alpha value is -1.22. The van der Waals surface area contributed by atoms with Crippen molar-refractivity contribution in [3.05, 3.63) is 23.5 Å². The Morgan fingerprint density at radius 2 is 2.32 bits per heavy atom. The van der Waals surface area contributed by atoms with E-state index in [4.69, 9.17) is 16.3 Å². The zero-order valence-corrected chi connectivity index (χ0v) is 11.2. The molecule has 19 heavy (non-hydrogen) atoms. The van der Waals surface area contributed by atoms with E-state index in [1.54, 1.807) is 0 Å². The highest BCUT2D eigenvalue weighted by Gasteiger charge is 2.46. The summed E-state index contributed by atoms with van der Waals surface area (Å²) in [7, 11) is -4.08. The normalized spacial score (nSPS) is 23.4. The highest BCUT2D eigenvalue weighted by Crippen LogP contribution is 2.24. The van der Waals surface area contributed by atoms with Crippen molar-refractivity contribution in [2.45, 2.75) is 16.9 Å². The van der Waals surface area contributed by atoms with Gasteiger partial charge in [-0.15, -0.1) is 0 Å². The van der Waals surface area contributed by atoms with E-state index in [0.717, 1.165) is 0 Å². The number of halogens is 1. The van der Waals surface area contributed by atoms with Gasteiger partial charge in [0.25, 0.3) is 0 Å². The number of ether oxygens (including phenoxy) is 1. The van der Waals surface area contributed by atoms with Crippen LogP contribution in [-0.2, 0) is 19.6 Å². The third-order valence-corrected chi connectivity index (χ3v) is 4.76. The largest absolute Gasteiger partial charge is 0.480 e. The van der Waals surface area contributed by atoms with Gasteiger partial charge < -0.3 is 9.84 Å². The van der Waals surface area contributed by atoms with Gasteiger partial charge in [0, 0.05) is 19.2 Å². The molecule has 1 unspecified atom stereocenters. The maximum absolute atomic E-state index is 12.2. The van der Waals surface area contributed by atoms with Crippen molar-refractivity contribution in [2.75, 3.05) is 13.2 Å². The number of rotatable bonds is 4. The van der Waals surface area contributed by atoms with E-state index in [1.165, 1.54) is 18.3 Å². The molecular formula is C10H11ClN2O5S. The average Bonchev–Trinajstić information content (AvgIpc) is 2.78. The maximum Gasteiger partial charge on any atom is 0.327 e. The number of aliphatic carboxylic acids is 1. The summed E-state index contributed by atoms with van der Waals surface area (Å²) in [5.74, 6) is -1.28. The van der Waals surface area contributed by atoms with Crippen LogP contribution < -0.4 is 4.72 Å². The average molecular weight is 307 g/mol. The van der Waals surface area contributed by atoms with Crippen molar-refractivity contribution in [3.8, 4) is 0 Å². The summed E-state index contributed by atoms with van der Waals surface area (Å²) in [5, 5.41) is 8.97. The van der Waals surface area contributed by atoms with E-state index in [-0.39, 0.29) is 29.7 Å². The molecule has 0 amide bonds. The van der Waals surface area contributed by atoms with Crippen LogP contribution in [0.3, 0.4) is 0 Å². The number of pyridine rings is 1. The second-order valence-electron chi connectivity index (χ2n) is 4.09. The third-order valence-electron chi connectivity index (χ3n) is 2.78. The smallest absolute Gasteiger partial charge is 0.327 e. The molecular weight excluding hydrogens is 296 g/mol. The van der Waals surface area contributed by atoms with E-state index < -0.39 is 21.5 Å². The number of hydrogen-bond donors (Lipinski definition) is 2. The van der Waals surface area contributed by atoms with Gasteiger partial charge in [-0.05, 0) is 12.1 Å². The molecule has 0 bridgehead atoms. The minimum Gasteiger partial charge on any atom is -0.480 e. The summed E-state index contributed by atoms with van der Waals surface area (Å²) in [6, 6.07) is 2.65. The highest BCUT2D eigenvalue weighted by atomic mass is 35.5. The number of sulfonamides is 1. The van der Waals surface area contributed by atoms with Gasteiger partial charge in [-0.25, -0.2) is 13.4 Å². The van der Waals surface area contributed by atoms with E-state index in [1.807, 2.05) is 0 Å². The van der Waals surface area contributed by atoms with E-state index in [9.17, 15) is 18.3 Å². The standard InChI is InChI=1S/C10H11ClN2O5S/c11-8-7(2-1-4-12-8)19(16,17)13-10(9(14)15)3-5-18-6-10/h1-2,4,13H,3,5-6H2,(H,14,15). The predicted molar refractivity (Wildman–Crippen MR) is 65.4 cm³/mol. The molecule has 2 rings (SSSR count). The van der Waals surface area contributed by atoms with Crippen LogP contribution in [0.4, 0.5) is 0 Å². The van der Waals surface area contributed by atoms with Crippen LogP contribution in [0, 0.1) is 0 Å². The molecule has 0 aromatic carbocycles. The second-order valence-corrected chi connectivity index (χ2v) is 6.10. The van der Waals surface area contributed by atoms with Gasteiger partial charge in [0.15, 0.2) is 5.54 Å². The van der Waals surface area contributed by atoms with Crippen molar-refractivity contribution in [3.63, 3.8) is 0 Å². The molecule has 1 aromatic heterocycles. The highest BCUT2D eigenvalue weighted by molar-refractivity contribution is 7.89. The molecule has 1 aromatic rings. The molecule has 1 aliphatic heterocycles. The van der Waals surface area contributed by atoms with Crippen molar-refractivity contribution < 1.29 is 23.1 Å². The molecule has 1 atom stereocenters. The molecule has 1 aliphatic rings. The number of aromatic nitrogens is 1. The van der Waals surface area contributed by atoms with Crippen LogP contribution in [-0.4, -0.2) is 43.2 Å². The lowest BCUT2D eigenvalue weighted by molar-refractivity contribution is -0.144. The molecule has 0 radical (unpaired) electrons. The second kappa shape index (κ2) is 5.04. The zero-order chi connectivity index (χ0) is 14.1. The molecule has 1 saturated heterocycles. The quantitative estimate of drug-likeness (QED) is 0.773. The van der Waals surface area contributed by atoms with Crippen molar-refractivity contribution in [1.29, 1.82) is 0 Å². The molecule has 0 aliphatic carbocycles. The van der Waals surface area contributed by atoms with Crippen LogP contribution in [0.2, 0.25) is 5.15 Å². The molecule has 1 fully saturated rings. The molecule has 0 spiro atoms. The van der Waals surface area contributed by atoms with Crippen molar-refractivity contribution >= 4 is 27.6 Å². The Kier molecular flexibility index (Phi) is 3.77. The van der Waals surface area contributed by atoms with Crippen LogP contribution in [0.5, 0.6) is 0 Å². The van der Waals surface area contributed by atoms with E-state index in [2.05, 4.69) is 9.71 Å². The van der Waals surface area contributed by atoms with Gasteiger partial charge in [-0.3, -0.25) is 4.79 Å². The van der Waals surface area contributed by atoms with Gasteiger partial charge in [-0.1, -0.05) is 11.6 Å².